The van der Waals surface area contributed by atoms with E-state index in [2.05, 4.69) is 5.16 Å². The molecular formula is C8H13NO3. The number of hydrogen-bond donors (Lipinski definition) is 2. The van der Waals surface area contributed by atoms with Gasteiger partial charge in [-0.3, -0.25) is 4.79 Å². The van der Waals surface area contributed by atoms with Gasteiger partial charge in [-0.05, 0) is 19.3 Å². The lowest BCUT2D eigenvalue weighted by molar-refractivity contribution is -0.137. The van der Waals surface area contributed by atoms with E-state index in [0.717, 1.165) is 25.7 Å². The summed E-state index contributed by atoms with van der Waals surface area (Å²) < 4.78 is 0. The van der Waals surface area contributed by atoms with Crippen molar-refractivity contribution in [1.82, 2.24) is 0 Å². The van der Waals surface area contributed by atoms with Crippen LogP contribution >= 0.6 is 0 Å². The molecule has 1 unspecified atom stereocenters. The highest BCUT2D eigenvalue weighted by Gasteiger charge is 2.23. The lowest BCUT2D eigenvalue weighted by atomic mass is 9.85. The summed E-state index contributed by atoms with van der Waals surface area (Å²) in [6.45, 7) is 0. The number of carboxylic acids is 1. The molecule has 1 aliphatic rings. The SMILES string of the molecule is O=C(O)CC1CCCC/C1=N\O. The van der Waals surface area contributed by atoms with Gasteiger partial charge in [0.15, 0.2) is 0 Å². The number of rotatable bonds is 2. The minimum absolute atomic E-state index is 0.0405. The molecule has 0 radical (unpaired) electrons. The van der Waals surface area contributed by atoms with E-state index in [4.69, 9.17) is 10.3 Å². The van der Waals surface area contributed by atoms with Crippen LogP contribution in [0.4, 0.5) is 0 Å². The third-order valence-corrected chi connectivity index (χ3v) is 2.26. The van der Waals surface area contributed by atoms with Crippen LogP contribution in [0.1, 0.15) is 32.1 Å². The first kappa shape index (κ1) is 9.03. The molecule has 0 heterocycles. The molecule has 4 heteroatoms. The summed E-state index contributed by atoms with van der Waals surface area (Å²) in [4.78, 5) is 10.4. The normalized spacial score (nSPS) is 27.3. The van der Waals surface area contributed by atoms with Gasteiger partial charge < -0.3 is 10.3 Å². The van der Waals surface area contributed by atoms with Crippen LogP contribution in [0.2, 0.25) is 0 Å². The molecule has 0 aromatic carbocycles. The predicted octanol–water partition coefficient (Wildman–Crippen LogP) is 1.48. The largest absolute Gasteiger partial charge is 0.481 e. The van der Waals surface area contributed by atoms with Crippen molar-refractivity contribution < 1.29 is 15.1 Å². The van der Waals surface area contributed by atoms with Crippen LogP contribution in [0.25, 0.3) is 0 Å². The van der Waals surface area contributed by atoms with Crippen LogP contribution in [0.3, 0.4) is 0 Å². The molecule has 0 aromatic heterocycles. The molecule has 12 heavy (non-hydrogen) atoms. The highest BCUT2D eigenvalue weighted by atomic mass is 16.4. The van der Waals surface area contributed by atoms with Crippen molar-refractivity contribution in [3.05, 3.63) is 0 Å². The van der Waals surface area contributed by atoms with Crippen LogP contribution in [0, 0.1) is 5.92 Å². The standard InChI is InChI=1S/C8H13NO3/c10-8(11)5-6-3-1-2-4-7(6)9-12/h6,12H,1-5H2,(H,10,11)/b9-7+. The molecule has 2 N–H and O–H groups in total. The second kappa shape index (κ2) is 4.09. The predicted molar refractivity (Wildman–Crippen MR) is 43.4 cm³/mol. The molecule has 0 aromatic rings. The van der Waals surface area contributed by atoms with E-state index in [-0.39, 0.29) is 12.3 Å². The molecule has 0 bridgehead atoms. The third kappa shape index (κ3) is 2.22. The summed E-state index contributed by atoms with van der Waals surface area (Å²) in [7, 11) is 0. The van der Waals surface area contributed by atoms with Crippen molar-refractivity contribution in [2.45, 2.75) is 32.1 Å². The maximum atomic E-state index is 10.4. The van der Waals surface area contributed by atoms with Gasteiger partial charge in [0.05, 0.1) is 12.1 Å². The van der Waals surface area contributed by atoms with Gasteiger partial charge >= 0.3 is 5.97 Å². The molecule has 1 atom stereocenters. The molecule has 0 saturated heterocycles. The molecule has 0 spiro atoms. The Bertz CT molecular complexity index is 200. The molecular weight excluding hydrogens is 158 g/mol. The van der Waals surface area contributed by atoms with Crippen molar-refractivity contribution in [3.8, 4) is 0 Å². The third-order valence-electron chi connectivity index (χ3n) is 2.26. The molecule has 1 aliphatic carbocycles. The fourth-order valence-corrected chi connectivity index (χ4v) is 1.63. The minimum atomic E-state index is -0.817. The second-order valence-corrected chi connectivity index (χ2v) is 3.13. The van der Waals surface area contributed by atoms with Gasteiger partial charge in [-0.25, -0.2) is 0 Å². The van der Waals surface area contributed by atoms with Crippen molar-refractivity contribution >= 4 is 11.7 Å². The average Bonchev–Trinajstić information content (AvgIpc) is 2.04. The van der Waals surface area contributed by atoms with Crippen LogP contribution in [0.5, 0.6) is 0 Å². The Balaban J connectivity index is 2.53. The van der Waals surface area contributed by atoms with Crippen LogP contribution < -0.4 is 0 Å². The Morgan fingerprint density at radius 2 is 2.33 bits per heavy atom. The number of aliphatic carboxylic acids is 1. The molecule has 0 amide bonds. The fraction of sp³-hybridized carbons (Fsp3) is 0.750. The molecule has 1 saturated carbocycles. The number of hydrogen-bond acceptors (Lipinski definition) is 3. The lowest BCUT2D eigenvalue weighted by Crippen LogP contribution is -2.22. The summed E-state index contributed by atoms with van der Waals surface area (Å²) >= 11 is 0. The first-order valence-corrected chi connectivity index (χ1v) is 4.16. The van der Waals surface area contributed by atoms with Gasteiger partial charge in [0.2, 0.25) is 0 Å². The van der Waals surface area contributed by atoms with Crippen LogP contribution in [-0.2, 0) is 4.79 Å². The van der Waals surface area contributed by atoms with Gasteiger partial charge in [0, 0.05) is 5.92 Å². The highest BCUT2D eigenvalue weighted by molar-refractivity contribution is 5.89. The topological polar surface area (TPSA) is 69.9 Å². The van der Waals surface area contributed by atoms with E-state index in [9.17, 15) is 4.79 Å². The Morgan fingerprint density at radius 1 is 1.58 bits per heavy atom. The first-order chi connectivity index (χ1) is 5.74. The monoisotopic (exact) mass is 171 g/mol. The van der Waals surface area contributed by atoms with Crippen molar-refractivity contribution in [3.63, 3.8) is 0 Å². The number of carboxylic acid groups (broad SMARTS) is 1. The molecule has 1 fully saturated rings. The maximum absolute atomic E-state index is 10.4. The summed E-state index contributed by atoms with van der Waals surface area (Å²) in [6.07, 6.45) is 3.73. The summed E-state index contributed by atoms with van der Waals surface area (Å²) in [5.41, 5.74) is 0.656. The number of nitrogens with zero attached hydrogens (tertiary/aromatic N) is 1. The zero-order chi connectivity index (χ0) is 8.97. The summed E-state index contributed by atoms with van der Waals surface area (Å²) in [6, 6.07) is 0. The summed E-state index contributed by atoms with van der Waals surface area (Å²) in [5.74, 6) is -0.857. The average molecular weight is 171 g/mol. The molecule has 68 valence electrons. The number of oxime groups is 1. The van der Waals surface area contributed by atoms with Gasteiger partial charge in [-0.2, -0.15) is 0 Å². The van der Waals surface area contributed by atoms with E-state index in [0.29, 0.717) is 5.71 Å². The van der Waals surface area contributed by atoms with Gasteiger partial charge in [-0.1, -0.05) is 11.6 Å². The Morgan fingerprint density at radius 3 is 2.92 bits per heavy atom. The van der Waals surface area contributed by atoms with Gasteiger partial charge in [0.25, 0.3) is 0 Å². The molecule has 4 nitrogen and oxygen atoms in total. The lowest BCUT2D eigenvalue weighted by Gasteiger charge is -2.20. The maximum Gasteiger partial charge on any atom is 0.304 e. The Kier molecular flexibility index (Phi) is 3.08. The highest BCUT2D eigenvalue weighted by Crippen LogP contribution is 2.24. The van der Waals surface area contributed by atoms with Gasteiger partial charge in [0.1, 0.15) is 0 Å². The second-order valence-electron chi connectivity index (χ2n) is 3.13. The van der Waals surface area contributed by atoms with Crippen LogP contribution in [-0.4, -0.2) is 22.0 Å². The van der Waals surface area contributed by atoms with Crippen molar-refractivity contribution in [2.75, 3.05) is 0 Å². The van der Waals surface area contributed by atoms with Gasteiger partial charge in [-0.15, -0.1) is 0 Å². The van der Waals surface area contributed by atoms with Crippen molar-refractivity contribution in [1.29, 1.82) is 0 Å². The van der Waals surface area contributed by atoms with E-state index >= 15 is 0 Å². The van der Waals surface area contributed by atoms with E-state index < -0.39 is 5.97 Å². The molecule has 1 rings (SSSR count). The Labute approximate surface area is 70.9 Å². The Hall–Kier alpha value is -1.06. The zero-order valence-corrected chi connectivity index (χ0v) is 6.86. The van der Waals surface area contributed by atoms with Crippen LogP contribution in [0.15, 0.2) is 5.16 Å². The summed E-state index contributed by atoms with van der Waals surface area (Å²) in [5, 5.41) is 20.2. The fourth-order valence-electron chi connectivity index (χ4n) is 1.63. The quantitative estimate of drug-likeness (QED) is 0.488. The van der Waals surface area contributed by atoms with E-state index in [1.54, 1.807) is 0 Å². The molecule has 0 aliphatic heterocycles. The van der Waals surface area contributed by atoms with E-state index in [1.165, 1.54) is 0 Å². The van der Waals surface area contributed by atoms with E-state index in [1.807, 2.05) is 0 Å². The number of carbonyl (C=O) groups is 1. The first-order valence-electron chi connectivity index (χ1n) is 4.16. The smallest absolute Gasteiger partial charge is 0.304 e. The zero-order valence-electron chi connectivity index (χ0n) is 6.86. The van der Waals surface area contributed by atoms with Crippen molar-refractivity contribution in [2.24, 2.45) is 11.1 Å². The minimum Gasteiger partial charge on any atom is -0.481 e.